The molecule has 0 unspecified atom stereocenters. The molecular formula is C26H30N2O4S. The number of carbonyl (C=O) groups is 1. The number of ether oxygens (including phenoxy) is 1. The molecule has 0 saturated carbocycles. The number of hydrogen-bond donors (Lipinski definition) is 1. The summed E-state index contributed by atoms with van der Waals surface area (Å²) < 4.78 is 33.5. The minimum Gasteiger partial charge on any atom is -0.494 e. The third-order valence-corrected chi connectivity index (χ3v) is 7.11. The van der Waals surface area contributed by atoms with Gasteiger partial charge in [0.05, 0.1) is 23.2 Å². The lowest BCUT2D eigenvalue weighted by Crippen LogP contribution is -2.41. The highest BCUT2D eigenvalue weighted by atomic mass is 32.2. The van der Waals surface area contributed by atoms with Gasteiger partial charge in [0.25, 0.3) is 10.0 Å². The van der Waals surface area contributed by atoms with Crippen LogP contribution in [0.4, 0.5) is 5.69 Å². The van der Waals surface area contributed by atoms with Gasteiger partial charge in [-0.25, -0.2) is 8.42 Å². The largest absolute Gasteiger partial charge is 0.494 e. The van der Waals surface area contributed by atoms with E-state index in [1.54, 1.807) is 42.5 Å². The van der Waals surface area contributed by atoms with Gasteiger partial charge in [0.15, 0.2) is 0 Å². The lowest BCUT2D eigenvalue weighted by Gasteiger charge is -2.25. The van der Waals surface area contributed by atoms with Crippen molar-refractivity contribution in [2.24, 2.45) is 0 Å². The van der Waals surface area contributed by atoms with Crippen LogP contribution in [0.15, 0.2) is 83.8 Å². The average molecular weight is 467 g/mol. The van der Waals surface area contributed by atoms with E-state index in [4.69, 9.17) is 4.74 Å². The Balaban J connectivity index is 1.82. The fourth-order valence-corrected chi connectivity index (χ4v) is 4.87. The molecule has 0 bridgehead atoms. The molecule has 7 heteroatoms. The summed E-state index contributed by atoms with van der Waals surface area (Å²) in [5.74, 6) is 0.198. The van der Waals surface area contributed by atoms with Crippen LogP contribution in [-0.4, -0.2) is 27.5 Å². The molecule has 0 radical (unpaired) electrons. The minimum absolute atomic E-state index is 0.0887. The predicted octanol–water partition coefficient (Wildman–Crippen LogP) is 4.72. The van der Waals surface area contributed by atoms with E-state index >= 15 is 0 Å². The highest BCUT2D eigenvalue weighted by molar-refractivity contribution is 7.92. The Morgan fingerprint density at radius 1 is 0.939 bits per heavy atom. The molecule has 1 amide bonds. The van der Waals surface area contributed by atoms with Crippen molar-refractivity contribution in [3.63, 3.8) is 0 Å². The van der Waals surface area contributed by atoms with Crippen LogP contribution in [0.3, 0.4) is 0 Å². The molecule has 0 spiro atoms. The van der Waals surface area contributed by atoms with E-state index in [-0.39, 0.29) is 23.4 Å². The first-order valence-electron chi connectivity index (χ1n) is 11.0. The molecule has 0 saturated heterocycles. The first-order chi connectivity index (χ1) is 15.8. The van der Waals surface area contributed by atoms with Gasteiger partial charge in [0.2, 0.25) is 5.91 Å². The maximum atomic E-state index is 13.5. The average Bonchev–Trinajstić information content (AvgIpc) is 2.83. The number of para-hydroxylation sites is 1. The standard InChI is InChI=1S/C26H30N2O4S/c1-4-21-11-13-22(14-12-21)20(3)27-26(29)19-28(23-9-7-6-8-10-23)33(30,31)25-17-15-24(16-18-25)32-5-2/h6-18,20H,4-5,19H2,1-3H3,(H,27,29)/t20-/m0/s1. The zero-order chi connectivity index (χ0) is 23.8. The molecular weight excluding hydrogens is 436 g/mol. The summed E-state index contributed by atoms with van der Waals surface area (Å²) in [4.78, 5) is 13.0. The Kier molecular flexibility index (Phi) is 8.11. The number of benzene rings is 3. The number of anilines is 1. The Labute approximate surface area is 196 Å². The topological polar surface area (TPSA) is 75.7 Å². The van der Waals surface area contributed by atoms with Crippen LogP contribution in [0.5, 0.6) is 5.75 Å². The van der Waals surface area contributed by atoms with Gasteiger partial charge in [-0.1, -0.05) is 49.4 Å². The maximum Gasteiger partial charge on any atom is 0.264 e. The maximum absolute atomic E-state index is 13.5. The SMILES string of the molecule is CCOc1ccc(S(=O)(=O)N(CC(=O)N[C@@H](C)c2ccc(CC)cc2)c2ccccc2)cc1. The number of aryl methyl sites for hydroxylation is 1. The van der Waals surface area contributed by atoms with Crippen LogP contribution >= 0.6 is 0 Å². The molecule has 6 nitrogen and oxygen atoms in total. The number of nitrogens with one attached hydrogen (secondary N) is 1. The fourth-order valence-electron chi connectivity index (χ4n) is 3.45. The smallest absolute Gasteiger partial charge is 0.264 e. The minimum atomic E-state index is -3.97. The zero-order valence-electron chi connectivity index (χ0n) is 19.2. The van der Waals surface area contributed by atoms with Crippen LogP contribution in [0.2, 0.25) is 0 Å². The fraction of sp³-hybridized carbons (Fsp3) is 0.269. The quantitative estimate of drug-likeness (QED) is 0.469. The van der Waals surface area contributed by atoms with Gasteiger partial charge in [-0.15, -0.1) is 0 Å². The van der Waals surface area contributed by atoms with Crippen molar-refractivity contribution in [1.82, 2.24) is 5.32 Å². The molecule has 0 aromatic heterocycles. The summed E-state index contributed by atoms with van der Waals surface area (Å²) in [7, 11) is -3.97. The number of amides is 1. The summed E-state index contributed by atoms with van der Waals surface area (Å²) >= 11 is 0. The summed E-state index contributed by atoms with van der Waals surface area (Å²) in [5.41, 5.74) is 2.59. The van der Waals surface area contributed by atoms with Crippen LogP contribution in [-0.2, 0) is 21.2 Å². The number of hydrogen-bond acceptors (Lipinski definition) is 4. The first-order valence-corrected chi connectivity index (χ1v) is 12.5. The molecule has 3 aromatic carbocycles. The summed E-state index contributed by atoms with van der Waals surface area (Å²) in [6.07, 6.45) is 0.941. The van der Waals surface area contributed by atoms with Gasteiger partial charge in [0.1, 0.15) is 12.3 Å². The highest BCUT2D eigenvalue weighted by Gasteiger charge is 2.27. The van der Waals surface area contributed by atoms with E-state index in [1.165, 1.54) is 17.7 Å². The van der Waals surface area contributed by atoms with Crippen molar-refractivity contribution in [2.45, 2.75) is 38.1 Å². The molecule has 1 atom stereocenters. The lowest BCUT2D eigenvalue weighted by molar-refractivity contribution is -0.120. The van der Waals surface area contributed by atoms with Gasteiger partial charge >= 0.3 is 0 Å². The van der Waals surface area contributed by atoms with Crippen molar-refractivity contribution >= 4 is 21.6 Å². The van der Waals surface area contributed by atoms with Crippen molar-refractivity contribution < 1.29 is 17.9 Å². The summed E-state index contributed by atoms with van der Waals surface area (Å²) in [6.45, 7) is 5.98. The van der Waals surface area contributed by atoms with Crippen LogP contribution in [0.1, 0.15) is 37.9 Å². The highest BCUT2D eigenvalue weighted by Crippen LogP contribution is 2.25. The van der Waals surface area contributed by atoms with E-state index in [0.29, 0.717) is 18.0 Å². The van der Waals surface area contributed by atoms with E-state index < -0.39 is 10.0 Å². The number of sulfonamides is 1. The second-order valence-electron chi connectivity index (χ2n) is 7.64. The third kappa shape index (κ3) is 6.14. The molecule has 33 heavy (non-hydrogen) atoms. The molecule has 0 aliphatic carbocycles. The van der Waals surface area contributed by atoms with E-state index in [9.17, 15) is 13.2 Å². The molecule has 174 valence electrons. The molecule has 0 aliphatic rings. The van der Waals surface area contributed by atoms with Crippen LogP contribution in [0.25, 0.3) is 0 Å². The van der Waals surface area contributed by atoms with E-state index in [0.717, 1.165) is 16.3 Å². The molecule has 0 aliphatic heterocycles. The Morgan fingerprint density at radius 3 is 2.15 bits per heavy atom. The van der Waals surface area contributed by atoms with Gasteiger partial charge in [-0.2, -0.15) is 0 Å². The summed E-state index contributed by atoms with van der Waals surface area (Å²) in [6, 6.07) is 22.6. The van der Waals surface area contributed by atoms with Crippen molar-refractivity contribution in [3.05, 3.63) is 90.0 Å². The first kappa shape index (κ1) is 24.3. The van der Waals surface area contributed by atoms with E-state index in [1.807, 2.05) is 38.1 Å². The molecule has 1 N–H and O–H groups in total. The van der Waals surface area contributed by atoms with Crippen molar-refractivity contribution in [2.75, 3.05) is 17.5 Å². The molecule has 3 rings (SSSR count). The second-order valence-corrected chi connectivity index (χ2v) is 9.50. The second kappa shape index (κ2) is 11.0. The van der Waals surface area contributed by atoms with Gasteiger partial charge in [-0.3, -0.25) is 9.10 Å². The summed E-state index contributed by atoms with van der Waals surface area (Å²) in [5, 5.41) is 2.92. The monoisotopic (exact) mass is 466 g/mol. The van der Waals surface area contributed by atoms with Crippen molar-refractivity contribution in [3.8, 4) is 5.75 Å². The number of carbonyl (C=O) groups excluding carboxylic acids is 1. The molecule has 0 heterocycles. The Bertz CT molecular complexity index is 1150. The van der Waals surface area contributed by atoms with Crippen LogP contribution in [0, 0.1) is 0 Å². The van der Waals surface area contributed by atoms with E-state index in [2.05, 4.69) is 12.2 Å². The van der Waals surface area contributed by atoms with Crippen LogP contribution < -0.4 is 14.4 Å². The molecule has 0 fully saturated rings. The zero-order valence-corrected chi connectivity index (χ0v) is 20.0. The van der Waals surface area contributed by atoms with Gasteiger partial charge < -0.3 is 10.1 Å². The van der Waals surface area contributed by atoms with Gasteiger partial charge in [-0.05, 0) is 67.8 Å². The van der Waals surface area contributed by atoms with Crippen molar-refractivity contribution in [1.29, 1.82) is 0 Å². The normalized spacial score (nSPS) is 12.1. The Morgan fingerprint density at radius 2 is 1.58 bits per heavy atom. The number of rotatable bonds is 10. The molecule has 3 aromatic rings. The van der Waals surface area contributed by atoms with Gasteiger partial charge in [0, 0.05) is 0 Å². The lowest BCUT2D eigenvalue weighted by atomic mass is 10.1. The Hall–Kier alpha value is -3.32. The predicted molar refractivity (Wildman–Crippen MR) is 131 cm³/mol. The number of nitrogens with zero attached hydrogens (tertiary/aromatic N) is 1. The third-order valence-electron chi connectivity index (χ3n) is 5.32.